The molecule has 3 rings (SSSR count). The highest BCUT2D eigenvalue weighted by Crippen LogP contribution is 2.11. The van der Waals surface area contributed by atoms with Crippen LogP contribution in [0.2, 0.25) is 0 Å². The summed E-state index contributed by atoms with van der Waals surface area (Å²) in [5.74, 6) is -0.281. The van der Waals surface area contributed by atoms with Crippen molar-refractivity contribution < 1.29 is 45.0 Å². The van der Waals surface area contributed by atoms with E-state index in [-0.39, 0.29) is 28.5 Å². The third-order valence-corrected chi connectivity index (χ3v) is 6.12. The maximum Gasteiger partial charge on any atom is 0.203 e. The van der Waals surface area contributed by atoms with Crippen molar-refractivity contribution in [3.8, 4) is 0 Å². The van der Waals surface area contributed by atoms with Crippen LogP contribution in [0.4, 0.5) is 0 Å². The largest absolute Gasteiger partial charge is 1.00 e. The van der Waals surface area contributed by atoms with E-state index in [9.17, 15) is 9.59 Å². The second kappa shape index (κ2) is 10.7. The Kier molecular flexibility index (Phi) is 8.84. The molecule has 0 unspecified atom stereocenters. The number of rotatable bonds is 8. The van der Waals surface area contributed by atoms with Crippen LogP contribution in [0.25, 0.3) is 0 Å². The van der Waals surface area contributed by atoms with Crippen LogP contribution in [0.5, 0.6) is 0 Å². The minimum atomic E-state index is -0.140. The molecule has 2 saturated heterocycles. The molecule has 0 aromatic rings. The molecule has 0 amide bonds. The van der Waals surface area contributed by atoms with Crippen molar-refractivity contribution in [2.75, 3.05) is 92.9 Å². The molecule has 9 heteroatoms. The number of ether oxygens (including phenoxy) is 2. The molecule has 164 valence electrons. The van der Waals surface area contributed by atoms with Gasteiger partial charge in [0, 0.05) is 12.2 Å². The normalized spacial score (nSPS) is 23.5. The van der Waals surface area contributed by atoms with Gasteiger partial charge in [-0.1, -0.05) is 0 Å². The number of nitrogens with zero attached hydrogens (tertiary/aromatic N) is 2. The van der Waals surface area contributed by atoms with E-state index in [2.05, 4.69) is 24.7 Å². The maximum absolute atomic E-state index is 12.4. The lowest BCUT2D eigenvalue weighted by Crippen LogP contribution is -3.00. The van der Waals surface area contributed by atoms with Crippen LogP contribution in [0.15, 0.2) is 23.5 Å². The smallest absolute Gasteiger partial charge is 0.203 e. The zero-order valence-electron chi connectivity index (χ0n) is 17.5. The third kappa shape index (κ3) is 6.89. The predicted molar refractivity (Wildman–Crippen MR) is 105 cm³/mol. The van der Waals surface area contributed by atoms with E-state index in [0.717, 1.165) is 74.7 Å². The first-order valence-corrected chi connectivity index (χ1v) is 10.2. The Bertz CT molecular complexity index is 597. The van der Waals surface area contributed by atoms with Crippen LogP contribution in [0, 0.1) is 0 Å². The lowest BCUT2D eigenvalue weighted by Gasteiger charge is -2.37. The van der Waals surface area contributed by atoms with Gasteiger partial charge in [-0.2, -0.15) is 0 Å². The number of carbonyl (C=O) groups is 2. The molecule has 0 aromatic heterocycles. The number of allylic oxidation sites excluding steroid dienone is 2. The Balaban J connectivity index is 0.00000300. The number of quaternary nitrogens is 2. The van der Waals surface area contributed by atoms with E-state index >= 15 is 0 Å². The first-order chi connectivity index (χ1) is 13.4. The summed E-state index contributed by atoms with van der Waals surface area (Å²) in [4.78, 5) is 24.8. The van der Waals surface area contributed by atoms with Crippen molar-refractivity contribution in [1.29, 1.82) is 0 Å². The number of carbonyl (C=O) groups excluding carboxylic acids is 2. The average molecular weight is 474 g/mol. The molecule has 3 aliphatic rings. The SMILES string of the molecule is C[N+]1(CCNC2=CC(=O)C(NCC[N+]3(C)CCOCC3)=CC2=O)CCOCC1.[Br-]. The molecule has 0 bridgehead atoms. The van der Waals surface area contributed by atoms with Gasteiger partial charge in [-0.15, -0.1) is 0 Å². The molecule has 2 N–H and O–H groups in total. The third-order valence-electron chi connectivity index (χ3n) is 6.12. The first kappa shape index (κ1) is 24.0. The van der Waals surface area contributed by atoms with Gasteiger partial charge in [0.15, 0.2) is 0 Å². The zero-order valence-corrected chi connectivity index (χ0v) is 19.1. The molecule has 2 fully saturated rings. The summed E-state index contributed by atoms with van der Waals surface area (Å²) in [5, 5.41) is 6.31. The van der Waals surface area contributed by atoms with Gasteiger partial charge in [-0.25, -0.2) is 0 Å². The minimum Gasteiger partial charge on any atom is -1.00 e. The Morgan fingerprint density at radius 1 is 0.759 bits per heavy atom. The molecule has 8 nitrogen and oxygen atoms in total. The molecule has 2 heterocycles. The van der Waals surface area contributed by atoms with Crippen molar-refractivity contribution in [2.45, 2.75) is 0 Å². The summed E-state index contributed by atoms with van der Waals surface area (Å²) < 4.78 is 12.7. The van der Waals surface area contributed by atoms with Crippen LogP contribution >= 0.6 is 0 Å². The fourth-order valence-electron chi connectivity index (χ4n) is 3.77. The minimum absolute atomic E-state index is 0. The van der Waals surface area contributed by atoms with Crippen molar-refractivity contribution in [2.24, 2.45) is 0 Å². The van der Waals surface area contributed by atoms with Crippen LogP contribution < -0.4 is 27.6 Å². The number of morpholine rings is 2. The van der Waals surface area contributed by atoms with Gasteiger partial charge in [0.25, 0.3) is 0 Å². The van der Waals surface area contributed by atoms with Gasteiger partial charge in [-0.3, -0.25) is 9.59 Å². The van der Waals surface area contributed by atoms with Gasteiger partial charge in [-0.05, 0) is 0 Å². The summed E-state index contributed by atoms with van der Waals surface area (Å²) in [5.41, 5.74) is 0.783. The number of nitrogens with one attached hydrogen (secondary N) is 2. The zero-order chi connectivity index (χ0) is 20.0. The highest BCUT2D eigenvalue weighted by atomic mass is 79.9. The van der Waals surface area contributed by atoms with E-state index in [1.165, 1.54) is 12.2 Å². The molecular weight excluding hydrogens is 440 g/mol. The van der Waals surface area contributed by atoms with Crippen molar-refractivity contribution >= 4 is 11.6 Å². The molecule has 0 aromatic carbocycles. The predicted octanol–water partition coefficient (Wildman–Crippen LogP) is -3.96. The van der Waals surface area contributed by atoms with E-state index in [1.807, 2.05) is 0 Å². The van der Waals surface area contributed by atoms with E-state index in [1.54, 1.807) is 0 Å². The lowest BCUT2D eigenvalue weighted by atomic mass is 10.1. The van der Waals surface area contributed by atoms with E-state index < -0.39 is 0 Å². The Labute approximate surface area is 183 Å². The summed E-state index contributed by atoms with van der Waals surface area (Å²) in [7, 11) is 4.40. The van der Waals surface area contributed by atoms with E-state index in [0.29, 0.717) is 24.5 Å². The van der Waals surface area contributed by atoms with Crippen molar-refractivity contribution in [1.82, 2.24) is 10.6 Å². The second-order valence-corrected chi connectivity index (χ2v) is 8.50. The van der Waals surface area contributed by atoms with Gasteiger partial charge in [0.05, 0.1) is 78.1 Å². The monoisotopic (exact) mass is 473 g/mol. The number of likely N-dealkylation sites (N-methyl/N-ethyl adjacent to an activating group) is 2. The molecule has 1 aliphatic carbocycles. The standard InChI is InChI=1S/C20H32N4O4.BrH/c1-23(7-11-27-12-8-23)5-3-21-17-15-20(26)18(16-19(17)25)22-4-6-24(2)9-13-28-14-10-24;/h15-16H,3-14H2,1-2H3;1H/p+1. The van der Waals surface area contributed by atoms with Crippen LogP contribution in [-0.4, -0.2) is 113 Å². The average Bonchev–Trinajstić information content (AvgIpc) is 2.66. The summed E-state index contributed by atoms with van der Waals surface area (Å²) in [6, 6.07) is 0. The van der Waals surface area contributed by atoms with Crippen molar-refractivity contribution in [3.63, 3.8) is 0 Å². The number of hydrogen-bond donors (Lipinski definition) is 2. The fourth-order valence-corrected chi connectivity index (χ4v) is 3.77. The van der Waals surface area contributed by atoms with Gasteiger partial charge in [0.2, 0.25) is 11.6 Å². The van der Waals surface area contributed by atoms with Gasteiger partial charge >= 0.3 is 0 Å². The van der Waals surface area contributed by atoms with Crippen LogP contribution in [-0.2, 0) is 19.1 Å². The molecule has 2 aliphatic heterocycles. The highest BCUT2D eigenvalue weighted by molar-refractivity contribution is 6.19. The maximum atomic E-state index is 12.4. The van der Waals surface area contributed by atoms with Gasteiger partial charge in [0.1, 0.15) is 26.2 Å². The number of ketones is 2. The summed E-state index contributed by atoms with van der Waals surface area (Å²) in [6.45, 7) is 10.1. The Hall–Kier alpha value is -1.26. The van der Waals surface area contributed by atoms with Gasteiger partial charge < -0.3 is 46.1 Å². The Morgan fingerprint density at radius 2 is 1.10 bits per heavy atom. The number of halogens is 1. The molecule has 29 heavy (non-hydrogen) atoms. The highest BCUT2D eigenvalue weighted by Gasteiger charge is 2.27. The van der Waals surface area contributed by atoms with Crippen LogP contribution in [0.3, 0.4) is 0 Å². The molecule has 0 radical (unpaired) electrons. The summed E-state index contributed by atoms with van der Waals surface area (Å²) >= 11 is 0. The van der Waals surface area contributed by atoms with E-state index in [4.69, 9.17) is 9.47 Å². The molecule has 0 spiro atoms. The molecular formula is C20H34BrN4O4+. The topological polar surface area (TPSA) is 76.7 Å². The van der Waals surface area contributed by atoms with Crippen LogP contribution in [0.1, 0.15) is 0 Å². The second-order valence-electron chi connectivity index (χ2n) is 8.50. The molecule has 0 saturated carbocycles. The lowest BCUT2D eigenvalue weighted by molar-refractivity contribution is -0.915. The van der Waals surface area contributed by atoms with Crippen molar-refractivity contribution in [3.05, 3.63) is 23.5 Å². The summed E-state index contributed by atoms with van der Waals surface area (Å²) in [6.07, 6.45) is 2.85. The number of hydrogen-bond acceptors (Lipinski definition) is 6. The fraction of sp³-hybridized carbons (Fsp3) is 0.700. The Morgan fingerprint density at radius 3 is 1.45 bits per heavy atom. The quantitative estimate of drug-likeness (QED) is 0.276. The molecule has 0 atom stereocenters. The first-order valence-electron chi connectivity index (χ1n) is 10.2.